The number of hydrogen-bond donors (Lipinski definition) is 1. The van der Waals surface area contributed by atoms with Crippen LogP contribution in [-0.2, 0) is 6.18 Å². The van der Waals surface area contributed by atoms with Crippen LogP contribution in [0.1, 0.15) is 11.1 Å². The van der Waals surface area contributed by atoms with Gasteiger partial charge < -0.3 is 5.73 Å². The molecule has 24 heavy (non-hydrogen) atoms. The number of rotatable bonds is 2. The van der Waals surface area contributed by atoms with Gasteiger partial charge >= 0.3 is 6.18 Å². The number of benzene rings is 1. The zero-order chi connectivity index (χ0) is 17.3. The van der Waals surface area contributed by atoms with E-state index in [4.69, 9.17) is 5.73 Å². The van der Waals surface area contributed by atoms with Gasteiger partial charge in [0, 0.05) is 18.0 Å². The van der Waals surface area contributed by atoms with E-state index in [9.17, 15) is 18.4 Å². The second kappa shape index (κ2) is 5.66. The highest BCUT2D eigenvalue weighted by molar-refractivity contribution is 5.73. The number of halogens is 3. The Hall–Kier alpha value is -3.41. The molecule has 2 aromatic heterocycles. The van der Waals surface area contributed by atoms with Gasteiger partial charge in [0.25, 0.3) is 0 Å². The molecule has 0 saturated heterocycles. The molecule has 0 atom stereocenters. The lowest BCUT2D eigenvalue weighted by atomic mass is 10.1. The van der Waals surface area contributed by atoms with Crippen molar-refractivity contribution in [3.8, 4) is 23.1 Å². The van der Waals surface area contributed by atoms with E-state index >= 15 is 0 Å². The second-order valence-electron chi connectivity index (χ2n) is 4.77. The van der Waals surface area contributed by atoms with Crippen molar-refractivity contribution in [3.63, 3.8) is 0 Å². The van der Waals surface area contributed by atoms with E-state index in [1.807, 2.05) is 6.07 Å². The number of nitriles is 1. The first kappa shape index (κ1) is 15.5. The number of nitrogen functional groups attached to an aromatic ring is 1. The third-order valence-corrected chi connectivity index (χ3v) is 3.29. The lowest BCUT2D eigenvalue weighted by molar-refractivity contribution is -0.137. The van der Waals surface area contributed by atoms with Crippen LogP contribution in [0.5, 0.6) is 0 Å². The second-order valence-corrected chi connectivity index (χ2v) is 4.77. The molecule has 0 unspecified atom stereocenters. The average molecular weight is 330 g/mol. The summed E-state index contributed by atoms with van der Waals surface area (Å²) in [6, 6.07) is 6.25. The maximum Gasteiger partial charge on any atom is 0.416 e. The predicted molar refractivity (Wildman–Crippen MR) is 78.7 cm³/mol. The summed E-state index contributed by atoms with van der Waals surface area (Å²) in [4.78, 5) is 7.93. The fraction of sp³-hybridized carbons (Fsp3) is 0.0667. The lowest BCUT2D eigenvalue weighted by Crippen LogP contribution is -2.04. The number of nitrogens with two attached hydrogens (primary N) is 1. The fourth-order valence-corrected chi connectivity index (χ4v) is 2.14. The Balaban J connectivity index is 2.11. The Morgan fingerprint density at radius 1 is 1.12 bits per heavy atom. The molecular weight excluding hydrogens is 321 g/mol. The van der Waals surface area contributed by atoms with Crippen molar-refractivity contribution in [1.29, 1.82) is 5.26 Å². The molecule has 2 N–H and O–H groups in total. The van der Waals surface area contributed by atoms with Crippen molar-refractivity contribution < 1.29 is 13.2 Å². The average Bonchev–Trinajstić information content (AvgIpc) is 2.91. The molecule has 120 valence electrons. The molecule has 9 heteroatoms. The van der Waals surface area contributed by atoms with Crippen LogP contribution in [0.15, 0.2) is 42.9 Å². The molecule has 1 aromatic carbocycles. The SMILES string of the molecule is N#Cc1c(-c2ccc(C(F)(F)F)cc2)nn(-c2cnccn2)c1N. The van der Waals surface area contributed by atoms with E-state index < -0.39 is 11.7 Å². The molecule has 0 bridgehead atoms. The van der Waals surface area contributed by atoms with Crippen molar-refractivity contribution >= 4 is 5.82 Å². The number of hydrogen-bond acceptors (Lipinski definition) is 5. The van der Waals surface area contributed by atoms with Gasteiger partial charge in [-0.25, -0.2) is 4.98 Å². The number of aromatic nitrogens is 4. The Morgan fingerprint density at radius 2 is 1.83 bits per heavy atom. The Kier molecular flexibility index (Phi) is 3.65. The van der Waals surface area contributed by atoms with Gasteiger partial charge in [-0.15, -0.1) is 0 Å². The summed E-state index contributed by atoms with van der Waals surface area (Å²) in [6.07, 6.45) is -0.138. The predicted octanol–water partition coefficient (Wildman–Crippen LogP) is 2.80. The molecule has 6 nitrogen and oxygen atoms in total. The van der Waals surface area contributed by atoms with Crippen LogP contribution in [0.2, 0.25) is 0 Å². The highest BCUT2D eigenvalue weighted by atomic mass is 19.4. The molecule has 0 radical (unpaired) electrons. The van der Waals surface area contributed by atoms with Crippen molar-refractivity contribution in [2.75, 3.05) is 5.73 Å². The highest BCUT2D eigenvalue weighted by Gasteiger charge is 2.30. The summed E-state index contributed by atoms with van der Waals surface area (Å²) in [7, 11) is 0. The van der Waals surface area contributed by atoms with E-state index in [1.165, 1.54) is 35.4 Å². The normalized spacial score (nSPS) is 11.2. The monoisotopic (exact) mass is 330 g/mol. The molecule has 0 aliphatic heterocycles. The molecule has 0 saturated carbocycles. The third kappa shape index (κ3) is 2.65. The smallest absolute Gasteiger partial charge is 0.382 e. The van der Waals surface area contributed by atoms with Crippen LogP contribution < -0.4 is 5.73 Å². The van der Waals surface area contributed by atoms with Crippen molar-refractivity contribution in [2.24, 2.45) is 0 Å². The number of alkyl halides is 3. The summed E-state index contributed by atoms with van der Waals surface area (Å²) in [6.45, 7) is 0. The standard InChI is InChI=1S/C15H9F3N6/c16-15(17,18)10-3-1-9(2-4-10)13-11(7-19)14(20)24(23-13)12-8-21-5-6-22-12/h1-6,8H,20H2. The van der Waals surface area contributed by atoms with Crippen LogP contribution in [0.25, 0.3) is 17.1 Å². The Bertz CT molecular complexity index is 907. The first-order valence-corrected chi connectivity index (χ1v) is 6.64. The zero-order valence-corrected chi connectivity index (χ0v) is 12.0. The first-order chi connectivity index (χ1) is 11.4. The minimum absolute atomic E-state index is 0.0351. The molecule has 0 fully saturated rings. The highest BCUT2D eigenvalue weighted by Crippen LogP contribution is 2.32. The van der Waals surface area contributed by atoms with E-state index in [2.05, 4.69) is 15.1 Å². The van der Waals surface area contributed by atoms with Crippen LogP contribution in [0.4, 0.5) is 19.0 Å². The van der Waals surface area contributed by atoms with E-state index in [-0.39, 0.29) is 17.1 Å². The maximum atomic E-state index is 12.6. The molecule has 0 aliphatic carbocycles. The summed E-state index contributed by atoms with van der Waals surface area (Å²) >= 11 is 0. The van der Waals surface area contributed by atoms with E-state index in [0.29, 0.717) is 11.4 Å². The van der Waals surface area contributed by atoms with Gasteiger partial charge in [-0.1, -0.05) is 12.1 Å². The minimum Gasteiger partial charge on any atom is -0.382 e. The molecule has 2 heterocycles. The van der Waals surface area contributed by atoms with Gasteiger partial charge in [-0.2, -0.15) is 28.2 Å². The first-order valence-electron chi connectivity index (χ1n) is 6.64. The maximum absolute atomic E-state index is 12.6. The molecular formula is C15H9F3N6. The Morgan fingerprint density at radius 3 is 2.38 bits per heavy atom. The minimum atomic E-state index is -4.44. The third-order valence-electron chi connectivity index (χ3n) is 3.29. The number of anilines is 1. The van der Waals surface area contributed by atoms with Gasteiger partial charge in [0.1, 0.15) is 23.1 Å². The number of nitrogens with zero attached hydrogens (tertiary/aromatic N) is 5. The molecule has 3 rings (SSSR count). The van der Waals surface area contributed by atoms with Gasteiger partial charge in [0.2, 0.25) is 0 Å². The summed E-state index contributed by atoms with van der Waals surface area (Å²) in [5.74, 6) is 0.331. The van der Waals surface area contributed by atoms with Gasteiger partial charge in [0.05, 0.1) is 11.8 Å². The summed E-state index contributed by atoms with van der Waals surface area (Å²) in [5, 5.41) is 13.5. The van der Waals surface area contributed by atoms with Crippen LogP contribution in [-0.4, -0.2) is 19.7 Å². The largest absolute Gasteiger partial charge is 0.416 e. The van der Waals surface area contributed by atoms with Crippen molar-refractivity contribution in [2.45, 2.75) is 6.18 Å². The molecule has 0 aliphatic rings. The van der Waals surface area contributed by atoms with E-state index in [0.717, 1.165) is 12.1 Å². The van der Waals surface area contributed by atoms with Crippen LogP contribution in [0.3, 0.4) is 0 Å². The Labute approximate surface area is 134 Å². The molecule has 3 aromatic rings. The van der Waals surface area contributed by atoms with Gasteiger partial charge in [-0.3, -0.25) is 4.98 Å². The quantitative estimate of drug-likeness (QED) is 0.780. The van der Waals surface area contributed by atoms with Crippen molar-refractivity contribution in [3.05, 3.63) is 54.0 Å². The molecule has 0 amide bonds. The zero-order valence-electron chi connectivity index (χ0n) is 12.0. The molecule has 0 spiro atoms. The van der Waals surface area contributed by atoms with Crippen LogP contribution in [0, 0.1) is 11.3 Å². The topological polar surface area (TPSA) is 93.4 Å². The van der Waals surface area contributed by atoms with Crippen molar-refractivity contribution in [1.82, 2.24) is 19.7 Å². The van der Waals surface area contributed by atoms with Crippen LogP contribution >= 0.6 is 0 Å². The van der Waals surface area contributed by atoms with Gasteiger partial charge in [-0.05, 0) is 12.1 Å². The summed E-state index contributed by atoms with van der Waals surface area (Å²) < 4.78 is 39.2. The fourth-order valence-electron chi connectivity index (χ4n) is 2.14. The van der Waals surface area contributed by atoms with Gasteiger partial charge in [0.15, 0.2) is 5.82 Å². The van der Waals surface area contributed by atoms with E-state index in [1.54, 1.807) is 0 Å². The lowest BCUT2D eigenvalue weighted by Gasteiger charge is -2.06. The summed E-state index contributed by atoms with van der Waals surface area (Å²) in [5.41, 5.74) is 5.70.